The average molecular weight is 901 g/mol. The molecule has 0 spiro atoms. The van der Waals surface area contributed by atoms with Gasteiger partial charge in [0.15, 0.2) is 0 Å². The van der Waals surface area contributed by atoms with Gasteiger partial charge in [-0.1, -0.05) is 107 Å². The molecular weight excluding hydrogens is 842 g/mol. The number of nitrogens with zero attached hydrogens (tertiary/aromatic N) is 9. The molecule has 11 nitrogen and oxygen atoms in total. The second-order valence-corrected chi connectivity index (χ2v) is 19.5. The Balaban J connectivity index is 0.000000137. The predicted octanol–water partition coefficient (Wildman–Crippen LogP) is 12.2. The summed E-state index contributed by atoms with van der Waals surface area (Å²) in [6, 6.07) is 36.0. The van der Waals surface area contributed by atoms with E-state index < -0.39 is 0 Å². The predicted molar refractivity (Wildman–Crippen MR) is 265 cm³/mol. The number of phenols is 2. The highest BCUT2D eigenvalue weighted by molar-refractivity contribution is 6.31. The molecule has 0 unspecified atom stereocenters. The van der Waals surface area contributed by atoms with Gasteiger partial charge < -0.3 is 10.2 Å². The molecular formula is C54H58ClN9O2. The summed E-state index contributed by atoms with van der Waals surface area (Å²) < 4.78 is 0. The third kappa shape index (κ3) is 9.44. The Morgan fingerprint density at radius 3 is 1.53 bits per heavy atom. The molecule has 0 saturated heterocycles. The van der Waals surface area contributed by atoms with Crippen molar-refractivity contribution in [1.82, 2.24) is 45.0 Å². The van der Waals surface area contributed by atoms with Crippen molar-refractivity contribution >= 4 is 33.7 Å². The van der Waals surface area contributed by atoms with Crippen molar-refractivity contribution in [2.24, 2.45) is 0 Å². The van der Waals surface area contributed by atoms with Crippen LogP contribution in [0.2, 0.25) is 5.02 Å². The van der Waals surface area contributed by atoms with Crippen LogP contribution < -0.4 is 0 Å². The number of fused-ring (bicyclic) bond motifs is 3. The molecule has 2 N–H and O–H groups in total. The van der Waals surface area contributed by atoms with E-state index in [9.17, 15) is 10.2 Å². The number of aromatic nitrogens is 9. The maximum Gasteiger partial charge on any atom is 0.146 e. The maximum absolute atomic E-state index is 10.7. The highest BCUT2D eigenvalue weighted by Gasteiger charge is 2.28. The van der Waals surface area contributed by atoms with E-state index in [0.717, 1.165) is 57.3 Å². The van der Waals surface area contributed by atoms with Crippen LogP contribution in [0.15, 0.2) is 109 Å². The summed E-state index contributed by atoms with van der Waals surface area (Å²) in [7, 11) is 0. The number of benzene rings is 6. The van der Waals surface area contributed by atoms with Crippen molar-refractivity contribution in [3.05, 3.63) is 170 Å². The van der Waals surface area contributed by atoms with E-state index in [1.165, 1.54) is 56.1 Å². The van der Waals surface area contributed by atoms with Gasteiger partial charge >= 0.3 is 0 Å². The first-order valence-electron chi connectivity index (χ1n) is 22.5. The van der Waals surface area contributed by atoms with Crippen molar-refractivity contribution in [1.29, 1.82) is 0 Å². The van der Waals surface area contributed by atoms with E-state index in [0.29, 0.717) is 21.9 Å². The molecule has 338 valence electrons. The molecule has 1 aliphatic carbocycles. The van der Waals surface area contributed by atoms with Crippen LogP contribution in [0.25, 0.3) is 39.1 Å². The lowest BCUT2D eigenvalue weighted by molar-refractivity contribution is 0.440. The van der Waals surface area contributed by atoms with Gasteiger partial charge in [0.05, 0.1) is 17.1 Å². The van der Waals surface area contributed by atoms with Crippen LogP contribution in [0.3, 0.4) is 0 Å². The number of phenolic OH excluding ortho intramolecular Hbond substituents is 2. The summed E-state index contributed by atoms with van der Waals surface area (Å²) in [6.07, 6.45) is 4.57. The average Bonchev–Trinajstić information content (AvgIpc) is 4.03. The Morgan fingerprint density at radius 1 is 0.485 bits per heavy atom. The summed E-state index contributed by atoms with van der Waals surface area (Å²) in [5.74, 6) is 0.436. The summed E-state index contributed by atoms with van der Waals surface area (Å²) in [6.45, 7) is 21.0. The molecule has 0 amide bonds. The van der Waals surface area contributed by atoms with Gasteiger partial charge in [-0.2, -0.15) is 15.0 Å². The first-order valence-corrected chi connectivity index (χ1v) is 22.9. The topological polar surface area (TPSA) is 133 Å². The molecule has 3 heterocycles. The molecule has 6 aromatic carbocycles. The fourth-order valence-electron chi connectivity index (χ4n) is 8.69. The summed E-state index contributed by atoms with van der Waals surface area (Å²) >= 11 is 5.99. The Hall–Kier alpha value is -6.85. The smallest absolute Gasteiger partial charge is 0.146 e. The van der Waals surface area contributed by atoms with Crippen LogP contribution in [-0.4, -0.2) is 55.2 Å². The van der Waals surface area contributed by atoms with Gasteiger partial charge in [0.1, 0.15) is 44.9 Å². The lowest BCUT2D eigenvalue weighted by Crippen LogP contribution is -2.21. The first kappa shape index (κ1) is 45.7. The van der Waals surface area contributed by atoms with Gasteiger partial charge in [-0.15, -0.1) is 30.0 Å². The van der Waals surface area contributed by atoms with E-state index in [2.05, 4.69) is 111 Å². The van der Waals surface area contributed by atoms with Crippen LogP contribution in [0.1, 0.15) is 103 Å². The van der Waals surface area contributed by atoms with E-state index in [1.807, 2.05) is 80.2 Å². The fourth-order valence-corrected chi connectivity index (χ4v) is 8.86. The molecule has 12 heteroatoms. The normalized spacial score (nSPS) is 12.7. The van der Waals surface area contributed by atoms with Gasteiger partial charge in [0, 0.05) is 16.0 Å². The van der Waals surface area contributed by atoms with E-state index in [4.69, 9.17) is 21.8 Å². The minimum absolute atomic E-state index is 0.0706. The lowest BCUT2D eigenvalue weighted by atomic mass is 9.75. The van der Waals surface area contributed by atoms with Gasteiger partial charge in [-0.05, 0) is 153 Å². The quantitative estimate of drug-likeness (QED) is 0.174. The lowest BCUT2D eigenvalue weighted by Gasteiger charge is -2.29. The Morgan fingerprint density at radius 2 is 0.955 bits per heavy atom. The second kappa shape index (κ2) is 18.2. The van der Waals surface area contributed by atoms with Crippen LogP contribution in [-0.2, 0) is 23.7 Å². The van der Waals surface area contributed by atoms with Crippen LogP contribution >= 0.6 is 11.6 Å². The maximum atomic E-state index is 10.7. The van der Waals surface area contributed by atoms with E-state index >= 15 is 0 Å². The Bertz CT molecular complexity index is 3160. The van der Waals surface area contributed by atoms with Crippen molar-refractivity contribution in [2.45, 2.75) is 106 Å². The fraction of sp³-hybridized carbons (Fsp3) is 0.296. The summed E-state index contributed by atoms with van der Waals surface area (Å²) in [4.78, 5) is 4.83. The minimum Gasteiger partial charge on any atom is -0.505 e. The van der Waals surface area contributed by atoms with Crippen LogP contribution in [0, 0.1) is 34.6 Å². The molecule has 0 aliphatic heterocycles. The minimum atomic E-state index is -0.166. The van der Waals surface area contributed by atoms with Crippen molar-refractivity contribution in [2.75, 3.05) is 0 Å². The molecule has 3 aromatic heterocycles. The Labute approximate surface area is 391 Å². The molecule has 9 aromatic rings. The third-order valence-electron chi connectivity index (χ3n) is 12.3. The Kier molecular flexibility index (Phi) is 12.6. The number of halogens is 1. The zero-order chi connectivity index (χ0) is 47.1. The largest absolute Gasteiger partial charge is 0.505 e. The molecule has 1 aliphatic rings. The number of rotatable bonds is 5. The second-order valence-electron chi connectivity index (χ2n) is 19.0. The highest BCUT2D eigenvalue weighted by atomic mass is 35.5. The van der Waals surface area contributed by atoms with Gasteiger partial charge in [-0.25, -0.2) is 0 Å². The van der Waals surface area contributed by atoms with Gasteiger partial charge in [0.25, 0.3) is 0 Å². The third-order valence-corrected chi connectivity index (χ3v) is 12.5. The molecule has 10 rings (SSSR count). The number of aromatic hydroxyl groups is 2. The summed E-state index contributed by atoms with van der Waals surface area (Å²) in [5.41, 5.74) is 16.5. The number of hydrogen-bond donors (Lipinski definition) is 2. The zero-order valence-electron chi connectivity index (χ0n) is 39.5. The molecule has 0 bridgehead atoms. The molecule has 0 fully saturated rings. The SMILES string of the molecule is Cc1cc(-n2nc3c(n2)CCCC3)c(C)c(C(C)(C)c2ccccc2)c1.Cc1cc(-n2nc3ccc(Cl)cc3n2)c(O)c(C(C)(C)C)c1.Cc1cc(C)c(O)c(-n2nc3ccccc3n2)c1. The van der Waals surface area contributed by atoms with Crippen molar-refractivity contribution < 1.29 is 10.2 Å². The van der Waals surface area contributed by atoms with E-state index in [1.54, 1.807) is 12.1 Å². The van der Waals surface area contributed by atoms with Crippen molar-refractivity contribution in [3.8, 4) is 28.6 Å². The van der Waals surface area contributed by atoms with Crippen LogP contribution in [0.4, 0.5) is 0 Å². The van der Waals surface area contributed by atoms with E-state index in [-0.39, 0.29) is 22.3 Å². The standard InChI is InChI=1S/C23H27N3.C17H18ClN3O.C14H13N3O/c1-16-14-19(23(3,4)18-10-6-5-7-11-18)17(2)22(15-16)26-24-20-12-8-9-13-21(20)25-26;1-10-7-12(17(2,3)4)16(22)15(8-10)21-19-13-6-5-11(18)9-14(13)20-21;1-9-7-10(2)14(18)13(8-9)17-15-11-5-3-4-6-12(11)16-17/h5-7,10-11,14-15H,8-9,12-13H2,1-4H3;5-9,22H,1-4H3;3-8,18H,1-2H3. The van der Waals surface area contributed by atoms with Crippen LogP contribution in [0.5, 0.6) is 11.5 Å². The highest BCUT2D eigenvalue weighted by Crippen LogP contribution is 2.38. The molecule has 0 saturated carbocycles. The summed E-state index contributed by atoms with van der Waals surface area (Å²) in [5, 5.41) is 48.6. The zero-order valence-corrected chi connectivity index (χ0v) is 40.3. The van der Waals surface area contributed by atoms with Gasteiger partial charge in [-0.3, -0.25) is 0 Å². The monoisotopic (exact) mass is 899 g/mol. The number of aryl methyl sites for hydroxylation is 6. The van der Waals surface area contributed by atoms with Gasteiger partial charge in [0.2, 0.25) is 0 Å². The molecule has 66 heavy (non-hydrogen) atoms. The first-order chi connectivity index (χ1) is 31.4. The number of hydrogen-bond acceptors (Lipinski definition) is 8. The van der Waals surface area contributed by atoms with Crippen molar-refractivity contribution in [3.63, 3.8) is 0 Å². The molecule has 0 atom stereocenters. The molecule has 0 radical (unpaired) electrons.